The average molecular weight is 532 g/mol. The number of ether oxygens (including phenoxy) is 3. The predicted octanol–water partition coefficient (Wildman–Crippen LogP) is 6.16. The van der Waals surface area contributed by atoms with Crippen molar-refractivity contribution in [1.29, 1.82) is 0 Å². The molecule has 0 bridgehead atoms. The molecule has 0 aliphatic heterocycles. The van der Waals surface area contributed by atoms with Gasteiger partial charge in [-0.1, -0.05) is 57.4 Å². The minimum atomic E-state index is -0.404. The molecule has 8 heteroatoms. The van der Waals surface area contributed by atoms with E-state index in [2.05, 4.69) is 26.5 Å². The van der Waals surface area contributed by atoms with E-state index in [0.717, 1.165) is 10.0 Å². The van der Waals surface area contributed by atoms with Crippen molar-refractivity contribution in [3.05, 3.63) is 86.3 Å². The molecule has 6 nitrogen and oxygen atoms in total. The zero-order chi connectivity index (χ0) is 23.8. The van der Waals surface area contributed by atoms with Crippen LogP contribution in [0.3, 0.4) is 0 Å². The van der Waals surface area contributed by atoms with Crippen LogP contribution in [0.1, 0.15) is 34.0 Å². The van der Waals surface area contributed by atoms with Crippen LogP contribution in [0.2, 0.25) is 5.02 Å². The number of halogens is 2. The Labute approximate surface area is 206 Å². The van der Waals surface area contributed by atoms with Crippen molar-refractivity contribution >= 4 is 39.7 Å². The summed E-state index contributed by atoms with van der Waals surface area (Å²) in [5.41, 5.74) is 5.71. The molecule has 0 saturated carbocycles. The molecule has 3 rings (SSSR count). The minimum absolute atomic E-state index is 0.358. The molecular weight excluding hydrogens is 508 g/mol. The Morgan fingerprint density at radius 3 is 2.55 bits per heavy atom. The van der Waals surface area contributed by atoms with E-state index in [4.69, 9.17) is 25.8 Å². The van der Waals surface area contributed by atoms with Gasteiger partial charge in [0.05, 0.1) is 30.5 Å². The van der Waals surface area contributed by atoms with Crippen LogP contribution in [0.5, 0.6) is 17.2 Å². The Morgan fingerprint density at radius 1 is 1.09 bits per heavy atom. The first kappa shape index (κ1) is 24.6. The largest absolute Gasteiger partial charge is 0.496 e. The highest BCUT2D eigenvalue weighted by Gasteiger charge is 2.14. The van der Waals surface area contributed by atoms with E-state index in [1.54, 1.807) is 30.3 Å². The molecule has 0 aromatic heterocycles. The fourth-order valence-electron chi connectivity index (χ4n) is 2.99. The maximum absolute atomic E-state index is 12.5. The van der Waals surface area contributed by atoms with Gasteiger partial charge in [-0.15, -0.1) is 0 Å². The Bertz CT molecular complexity index is 1150. The number of benzene rings is 3. The molecule has 0 unspecified atom stereocenters. The monoisotopic (exact) mass is 530 g/mol. The molecule has 0 fully saturated rings. The van der Waals surface area contributed by atoms with Crippen molar-refractivity contribution in [1.82, 2.24) is 5.43 Å². The van der Waals surface area contributed by atoms with Gasteiger partial charge in [0.1, 0.15) is 12.4 Å². The van der Waals surface area contributed by atoms with E-state index in [1.807, 2.05) is 38.1 Å². The molecule has 0 radical (unpaired) electrons. The van der Waals surface area contributed by atoms with Crippen LogP contribution < -0.4 is 19.6 Å². The molecule has 0 aliphatic carbocycles. The van der Waals surface area contributed by atoms with Gasteiger partial charge in [-0.3, -0.25) is 4.79 Å². The first-order valence-corrected chi connectivity index (χ1v) is 11.4. The fourth-order valence-corrected chi connectivity index (χ4v) is 3.62. The molecule has 0 heterocycles. The van der Waals surface area contributed by atoms with E-state index in [0.29, 0.717) is 46.6 Å². The summed E-state index contributed by atoms with van der Waals surface area (Å²) in [5, 5.41) is 4.43. The van der Waals surface area contributed by atoms with Crippen LogP contribution in [0, 0.1) is 6.92 Å². The smallest absolute Gasteiger partial charge is 0.275 e. The second-order valence-corrected chi connectivity index (χ2v) is 8.40. The van der Waals surface area contributed by atoms with Crippen LogP contribution in [0.15, 0.2) is 64.2 Å². The van der Waals surface area contributed by atoms with Crippen LogP contribution in [-0.2, 0) is 6.61 Å². The summed E-state index contributed by atoms with van der Waals surface area (Å²) in [4.78, 5) is 12.5. The lowest BCUT2D eigenvalue weighted by molar-refractivity contribution is 0.0952. The van der Waals surface area contributed by atoms with E-state index in [-0.39, 0.29) is 0 Å². The van der Waals surface area contributed by atoms with Crippen molar-refractivity contribution < 1.29 is 19.0 Å². The molecule has 3 aromatic carbocycles. The third-order valence-electron chi connectivity index (χ3n) is 4.62. The quantitative estimate of drug-likeness (QED) is 0.265. The summed E-state index contributed by atoms with van der Waals surface area (Å²) in [7, 11) is 1.50. The normalized spacial score (nSPS) is 10.8. The zero-order valence-electron chi connectivity index (χ0n) is 18.5. The number of nitrogens with one attached hydrogen (secondary N) is 1. The minimum Gasteiger partial charge on any atom is -0.496 e. The predicted molar refractivity (Wildman–Crippen MR) is 134 cm³/mol. The lowest BCUT2D eigenvalue weighted by Gasteiger charge is -2.14. The number of aryl methyl sites for hydroxylation is 1. The van der Waals surface area contributed by atoms with Gasteiger partial charge in [0.25, 0.3) is 5.91 Å². The van der Waals surface area contributed by atoms with Crippen molar-refractivity contribution in [2.24, 2.45) is 5.10 Å². The third-order valence-corrected chi connectivity index (χ3v) is 5.40. The maximum Gasteiger partial charge on any atom is 0.275 e. The van der Waals surface area contributed by atoms with Gasteiger partial charge in [0.2, 0.25) is 0 Å². The molecule has 1 N–H and O–H groups in total. The lowest BCUT2D eigenvalue weighted by Crippen LogP contribution is -2.18. The first-order chi connectivity index (χ1) is 15.9. The van der Waals surface area contributed by atoms with Gasteiger partial charge in [0.15, 0.2) is 11.5 Å². The molecular formula is C25H24BrClN2O4. The Kier molecular flexibility index (Phi) is 8.74. The van der Waals surface area contributed by atoms with Crippen LogP contribution in [-0.4, -0.2) is 25.8 Å². The highest BCUT2D eigenvalue weighted by Crippen LogP contribution is 2.37. The molecule has 0 atom stereocenters. The summed E-state index contributed by atoms with van der Waals surface area (Å²) < 4.78 is 17.7. The number of hydrazone groups is 1. The summed E-state index contributed by atoms with van der Waals surface area (Å²) in [6.07, 6.45) is 1.49. The Morgan fingerprint density at radius 2 is 1.85 bits per heavy atom. The number of carbonyl (C=O) groups excluding carboxylic acids is 1. The number of hydrogen-bond acceptors (Lipinski definition) is 5. The van der Waals surface area contributed by atoms with Gasteiger partial charge in [-0.2, -0.15) is 5.10 Å². The SMILES string of the molecule is CCOc1cc(/C=N\NC(=O)c2cc(Br)ccc2OC)cc(Cl)c1OCc1ccc(C)cc1. The van der Waals surface area contributed by atoms with Gasteiger partial charge in [-0.25, -0.2) is 5.43 Å². The highest BCUT2D eigenvalue weighted by molar-refractivity contribution is 9.10. The van der Waals surface area contributed by atoms with E-state index >= 15 is 0 Å². The topological polar surface area (TPSA) is 69.2 Å². The standard InChI is InChI=1S/C25H24BrClN2O4/c1-4-32-23-12-18(11-21(27)24(23)33-15-17-7-5-16(2)6-8-17)14-28-29-25(30)20-13-19(26)9-10-22(20)31-3/h5-14H,4,15H2,1-3H3,(H,29,30)/b28-14-. The molecule has 172 valence electrons. The maximum atomic E-state index is 12.5. The van der Waals surface area contributed by atoms with Crippen molar-refractivity contribution in [2.75, 3.05) is 13.7 Å². The van der Waals surface area contributed by atoms with Crippen LogP contribution >= 0.6 is 27.5 Å². The molecule has 3 aromatic rings. The van der Waals surface area contributed by atoms with E-state index in [1.165, 1.54) is 18.9 Å². The van der Waals surface area contributed by atoms with Gasteiger partial charge < -0.3 is 14.2 Å². The highest BCUT2D eigenvalue weighted by atomic mass is 79.9. The Hall–Kier alpha value is -3.03. The van der Waals surface area contributed by atoms with Crippen LogP contribution in [0.4, 0.5) is 0 Å². The molecule has 1 amide bonds. The van der Waals surface area contributed by atoms with Gasteiger partial charge in [-0.05, 0) is 55.3 Å². The van der Waals surface area contributed by atoms with E-state index < -0.39 is 5.91 Å². The second-order valence-electron chi connectivity index (χ2n) is 7.08. The van der Waals surface area contributed by atoms with Crippen molar-refractivity contribution in [3.63, 3.8) is 0 Å². The number of rotatable bonds is 9. The summed E-state index contributed by atoms with van der Waals surface area (Å²) >= 11 is 9.83. The third kappa shape index (κ3) is 6.73. The lowest BCUT2D eigenvalue weighted by atomic mass is 10.1. The number of carbonyl (C=O) groups is 1. The summed E-state index contributed by atoms with van der Waals surface area (Å²) in [5.74, 6) is 0.999. The number of amides is 1. The van der Waals surface area contributed by atoms with E-state index in [9.17, 15) is 4.79 Å². The Balaban J connectivity index is 1.74. The van der Waals surface area contributed by atoms with Crippen LogP contribution in [0.25, 0.3) is 0 Å². The second kappa shape index (κ2) is 11.7. The summed E-state index contributed by atoms with van der Waals surface area (Å²) in [6.45, 7) is 4.71. The number of nitrogens with zero attached hydrogens (tertiary/aromatic N) is 1. The molecule has 33 heavy (non-hydrogen) atoms. The van der Waals surface area contributed by atoms with Gasteiger partial charge >= 0.3 is 0 Å². The van der Waals surface area contributed by atoms with Gasteiger partial charge in [0, 0.05) is 4.47 Å². The average Bonchev–Trinajstić information content (AvgIpc) is 2.80. The number of methoxy groups -OCH3 is 1. The molecule has 0 aliphatic rings. The fraction of sp³-hybridized carbons (Fsp3) is 0.200. The summed E-state index contributed by atoms with van der Waals surface area (Å²) in [6, 6.07) is 16.7. The molecule has 0 saturated heterocycles. The van der Waals surface area contributed by atoms with Crippen molar-refractivity contribution in [3.8, 4) is 17.2 Å². The molecule has 0 spiro atoms. The first-order valence-electron chi connectivity index (χ1n) is 10.2. The number of hydrogen-bond donors (Lipinski definition) is 1. The zero-order valence-corrected chi connectivity index (χ0v) is 20.9. The van der Waals surface area contributed by atoms with Crippen molar-refractivity contribution in [2.45, 2.75) is 20.5 Å².